The Bertz CT molecular complexity index is 302. The Balaban J connectivity index is 2.44. The van der Waals surface area contributed by atoms with Crippen LogP contribution in [0.4, 0.5) is 4.79 Å². The van der Waals surface area contributed by atoms with Gasteiger partial charge in [-0.1, -0.05) is 6.92 Å². The molecule has 0 aromatic heterocycles. The van der Waals surface area contributed by atoms with E-state index in [1.165, 1.54) is 0 Å². The van der Waals surface area contributed by atoms with Crippen molar-refractivity contribution in [1.29, 1.82) is 0 Å². The quantitative estimate of drug-likeness (QED) is 0.797. The minimum Gasteiger partial charge on any atom is -0.450 e. The van der Waals surface area contributed by atoms with Crippen molar-refractivity contribution in [2.75, 3.05) is 39.3 Å². The highest BCUT2D eigenvalue weighted by Gasteiger charge is 2.28. The molecule has 0 aliphatic carbocycles. The molecular formula is C13H25N3O3. The van der Waals surface area contributed by atoms with Crippen LogP contribution in [0.5, 0.6) is 0 Å². The van der Waals surface area contributed by atoms with Gasteiger partial charge in [0.2, 0.25) is 5.91 Å². The lowest BCUT2D eigenvalue weighted by atomic mass is 10.0. The van der Waals surface area contributed by atoms with E-state index in [0.29, 0.717) is 39.3 Å². The number of rotatable bonds is 5. The first kappa shape index (κ1) is 15.8. The molecule has 2 amide bonds. The molecule has 1 aliphatic rings. The van der Waals surface area contributed by atoms with Gasteiger partial charge in [0, 0.05) is 32.1 Å². The fraction of sp³-hybridized carbons (Fsp3) is 0.846. The molecule has 1 unspecified atom stereocenters. The average molecular weight is 271 g/mol. The maximum absolute atomic E-state index is 12.3. The molecule has 0 radical (unpaired) electrons. The molecule has 19 heavy (non-hydrogen) atoms. The van der Waals surface area contributed by atoms with Crippen molar-refractivity contribution in [3.05, 3.63) is 0 Å². The minimum absolute atomic E-state index is 0.0131. The second-order valence-electron chi connectivity index (χ2n) is 4.69. The standard InChI is InChI=1S/C13H25N3O3/c1-3-11(5-6-14)12(17)15-7-9-16(10-8-15)13(18)19-4-2/h11H,3-10,14H2,1-2H3. The fourth-order valence-corrected chi connectivity index (χ4v) is 2.29. The van der Waals surface area contributed by atoms with Crippen molar-refractivity contribution in [3.63, 3.8) is 0 Å². The topological polar surface area (TPSA) is 75.9 Å². The van der Waals surface area contributed by atoms with Crippen LogP contribution in [0.1, 0.15) is 26.7 Å². The van der Waals surface area contributed by atoms with Gasteiger partial charge in [-0.15, -0.1) is 0 Å². The Kier molecular flexibility index (Phi) is 6.62. The van der Waals surface area contributed by atoms with E-state index in [-0.39, 0.29) is 17.9 Å². The Labute approximate surface area is 114 Å². The van der Waals surface area contributed by atoms with Crippen LogP contribution in [0.3, 0.4) is 0 Å². The Hall–Kier alpha value is -1.30. The van der Waals surface area contributed by atoms with Gasteiger partial charge in [-0.3, -0.25) is 4.79 Å². The summed E-state index contributed by atoms with van der Waals surface area (Å²) in [6.45, 7) is 6.97. The monoisotopic (exact) mass is 271 g/mol. The van der Waals surface area contributed by atoms with E-state index in [1.54, 1.807) is 11.8 Å². The van der Waals surface area contributed by atoms with Crippen LogP contribution in [-0.4, -0.2) is 61.1 Å². The fourth-order valence-electron chi connectivity index (χ4n) is 2.29. The summed E-state index contributed by atoms with van der Waals surface area (Å²) in [5, 5.41) is 0. The Morgan fingerprint density at radius 2 is 1.74 bits per heavy atom. The van der Waals surface area contributed by atoms with E-state index < -0.39 is 0 Å². The molecule has 6 heteroatoms. The van der Waals surface area contributed by atoms with Gasteiger partial charge in [-0.2, -0.15) is 0 Å². The summed E-state index contributed by atoms with van der Waals surface area (Å²) in [5.74, 6) is 0.176. The van der Waals surface area contributed by atoms with Gasteiger partial charge in [0.1, 0.15) is 0 Å². The van der Waals surface area contributed by atoms with Gasteiger partial charge in [0.05, 0.1) is 6.61 Å². The van der Waals surface area contributed by atoms with E-state index in [9.17, 15) is 9.59 Å². The molecule has 1 aliphatic heterocycles. The van der Waals surface area contributed by atoms with Crippen molar-refractivity contribution >= 4 is 12.0 Å². The molecule has 1 rings (SSSR count). The molecular weight excluding hydrogens is 246 g/mol. The highest BCUT2D eigenvalue weighted by atomic mass is 16.6. The number of piperazine rings is 1. The van der Waals surface area contributed by atoms with E-state index in [1.807, 2.05) is 11.8 Å². The lowest BCUT2D eigenvalue weighted by Crippen LogP contribution is -2.52. The Morgan fingerprint density at radius 1 is 1.16 bits per heavy atom. The van der Waals surface area contributed by atoms with Gasteiger partial charge < -0.3 is 20.3 Å². The summed E-state index contributed by atoms with van der Waals surface area (Å²) in [5.41, 5.74) is 5.53. The first-order valence-corrected chi connectivity index (χ1v) is 7.04. The highest BCUT2D eigenvalue weighted by molar-refractivity contribution is 5.79. The van der Waals surface area contributed by atoms with Gasteiger partial charge >= 0.3 is 6.09 Å². The van der Waals surface area contributed by atoms with Crippen LogP contribution in [0.25, 0.3) is 0 Å². The van der Waals surface area contributed by atoms with Crippen LogP contribution in [0.15, 0.2) is 0 Å². The summed E-state index contributed by atoms with van der Waals surface area (Å²) >= 11 is 0. The number of nitrogens with two attached hydrogens (primary N) is 1. The zero-order chi connectivity index (χ0) is 14.3. The normalized spacial score (nSPS) is 17.2. The molecule has 0 saturated carbocycles. The molecule has 1 atom stereocenters. The van der Waals surface area contributed by atoms with E-state index in [2.05, 4.69) is 0 Å². The summed E-state index contributed by atoms with van der Waals surface area (Å²) < 4.78 is 4.95. The van der Waals surface area contributed by atoms with E-state index in [0.717, 1.165) is 12.8 Å². The summed E-state index contributed by atoms with van der Waals surface area (Å²) in [7, 11) is 0. The molecule has 0 aromatic rings. The predicted molar refractivity (Wildman–Crippen MR) is 72.6 cm³/mol. The molecule has 0 bridgehead atoms. The van der Waals surface area contributed by atoms with E-state index in [4.69, 9.17) is 10.5 Å². The molecule has 0 spiro atoms. The van der Waals surface area contributed by atoms with Gasteiger partial charge in [0.15, 0.2) is 0 Å². The number of hydrogen-bond donors (Lipinski definition) is 1. The zero-order valence-corrected chi connectivity index (χ0v) is 11.9. The Morgan fingerprint density at radius 3 is 2.21 bits per heavy atom. The van der Waals surface area contributed by atoms with Gasteiger partial charge in [-0.25, -0.2) is 4.79 Å². The largest absolute Gasteiger partial charge is 0.450 e. The van der Waals surface area contributed by atoms with Gasteiger partial charge in [0.25, 0.3) is 0 Å². The molecule has 1 saturated heterocycles. The first-order valence-electron chi connectivity index (χ1n) is 7.04. The van der Waals surface area contributed by atoms with Crippen molar-refractivity contribution in [2.24, 2.45) is 11.7 Å². The third kappa shape index (κ3) is 4.38. The van der Waals surface area contributed by atoms with Crippen molar-refractivity contribution in [1.82, 2.24) is 9.80 Å². The maximum atomic E-state index is 12.3. The molecule has 6 nitrogen and oxygen atoms in total. The SMILES string of the molecule is CCOC(=O)N1CCN(C(=O)C(CC)CCN)CC1. The average Bonchev–Trinajstić information content (AvgIpc) is 2.44. The van der Waals surface area contributed by atoms with Crippen LogP contribution >= 0.6 is 0 Å². The summed E-state index contributed by atoms with van der Waals surface area (Å²) in [6, 6.07) is 0. The van der Waals surface area contributed by atoms with Crippen molar-refractivity contribution in [3.8, 4) is 0 Å². The third-order valence-electron chi connectivity index (χ3n) is 3.47. The number of carbonyl (C=O) groups is 2. The van der Waals surface area contributed by atoms with Gasteiger partial charge in [-0.05, 0) is 26.3 Å². The first-order chi connectivity index (χ1) is 9.13. The second kappa shape index (κ2) is 7.99. The molecule has 1 fully saturated rings. The molecule has 1 heterocycles. The molecule has 110 valence electrons. The molecule has 0 aromatic carbocycles. The van der Waals surface area contributed by atoms with Crippen LogP contribution in [-0.2, 0) is 9.53 Å². The van der Waals surface area contributed by atoms with Crippen molar-refractivity contribution in [2.45, 2.75) is 26.7 Å². The highest BCUT2D eigenvalue weighted by Crippen LogP contribution is 2.14. The number of ether oxygens (including phenoxy) is 1. The number of amides is 2. The van der Waals surface area contributed by atoms with Crippen molar-refractivity contribution < 1.29 is 14.3 Å². The van der Waals surface area contributed by atoms with E-state index >= 15 is 0 Å². The predicted octanol–water partition coefficient (Wildman–Crippen LogP) is 0.662. The zero-order valence-electron chi connectivity index (χ0n) is 11.9. The minimum atomic E-state index is -0.288. The lowest BCUT2D eigenvalue weighted by molar-refractivity contribution is -0.137. The maximum Gasteiger partial charge on any atom is 0.409 e. The molecule has 2 N–H and O–H groups in total. The van der Waals surface area contributed by atoms with Crippen LogP contribution in [0.2, 0.25) is 0 Å². The smallest absolute Gasteiger partial charge is 0.409 e. The van der Waals surface area contributed by atoms with Crippen LogP contribution < -0.4 is 5.73 Å². The second-order valence-corrected chi connectivity index (χ2v) is 4.69. The third-order valence-corrected chi connectivity index (χ3v) is 3.47. The number of hydrogen-bond acceptors (Lipinski definition) is 4. The number of nitrogens with zero attached hydrogens (tertiary/aromatic N) is 2. The lowest BCUT2D eigenvalue weighted by Gasteiger charge is -2.35. The summed E-state index contributed by atoms with van der Waals surface area (Å²) in [6.07, 6.45) is 1.25. The summed E-state index contributed by atoms with van der Waals surface area (Å²) in [4.78, 5) is 27.3. The van der Waals surface area contributed by atoms with Crippen LogP contribution in [0, 0.1) is 5.92 Å². The number of carbonyl (C=O) groups excluding carboxylic acids is 2.